The van der Waals surface area contributed by atoms with Crippen molar-refractivity contribution < 1.29 is 28.7 Å². The summed E-state index contributed by atoms with van der Waals surface area (Å²) < 4.78 is 11.4. The third-order valence-electron chi connectivity index (χ3n) is 6.15. The van der Waals surface area contributed by atoms with Crippen LogP contribution < -0.4 is 20.1 Å². The first-order chi connectivity index (χ1) is 19.6. The van der Waals surface area contributed by atoms with Crippen LogP contribution in [0.3, 0.4) is 0 Å². The van der Waals surface area contributed by atoms with Crippen LogP contribution in [0.5, 0.6) is 11.5 Å². The first-order valence-corrected chi connectivity index (χ1v) is 13.8. The van der Waals surface area contributed by atoms with E-state index in [-0.39, 0.29) is 17.4 Å². The molecule has 0 saturated carbocycles. The van der Waals surface area contributed by atoms with Gasteiger partial charge in [-0.3, -0.25) is 24.1 Å². The number of rotatable bonds is 10. The smallest absolute Gasteiger partial charge is 0.294 e. The molecule has 10 heteroatoms. The molecule has 0 spiro atoms. The number of thioether (sulfide) groups is 1. The second-order valence-corrected chi connectivity index (χ2v) is 10.4. The molecule has 0 aliphatic carbocycles. The van der Waals surface area contributed by atoms with Crippen LogP contribution in [0.4, 0.5) is 16.2 Å². The lowest BCUT2D eigenvalue weighted by Crippen LogP contribution is -2.36. The van der Waals surface area contributed by atoms with Gasteiger partial charge in [-0.1, -0.05) is 36.4 Å². The zero-order valence-corrected chi connectivity index (χ0v) is 24.1. The Hall–Kier alpha value is -4.57. The molecule has 1 saturated heterocycles. The molecular formula is C31H31N3O6S. The molecule has 0 atom stereocenters. The number of nitrogens with zero attached hydrogens (tertiary/aromatic N) is 1. The van der Waals surface area contributed by atoms with E-state index in [2.05, 4.69) is 10.6 Å². The highest BCUT2D eigenvalue weighted by atomic mass is 32.2. The van der Waals surface area contributed by atoms with Crippen LogP contribution in [0.25, 0.3) is 6.08 Å². The fourth-order valence-corrected chi connectivity index (χ4v) is 5.03. The molecule has 41 heavy (non-hydrogen) atoms. The number of nitrogens with one attached hydrogen (secondary N) is 2. The maximum absolute atomic E-state index is 13.0. The molecule has 1 heterocycles. The summed E-state index contributed by atoms with van der Waals surface area (Å²) in [4.78, 5) is 51.8. The maximum Gasteiger partial charge on any atom is 0.294 e. The Morgan fingerprint density at radius 1 is 0.878 bits per heavy atom. The van der Waals surface area contributed by atoms with Crippen molar-refractivity contribution >= 4 is 52.2 Å². The number of ether oxygens (including phenoxy) is 2. The predicted octanol–water partition coefficient (Wildman–Crippen LogP) is 5.70. The Morgan fingerprint density at radius 2 is 1.61 bits per heavy atom. The van der Waals surface area contributed by atoms with Crippen molar-refractivity contribution in [3.05, 3.63) is 87.8 Å². The van der Waals surface area contributed by atoms with Gasteiger partial charge >= 0.3 is 0 Å². The number of hydrogen-bond donors (Lipinski definition) is 2. The number of imide groups is 1. The Labute approximate surface area is 242 Å². The number of benzene rings is 3. The first kappa shape index (κ1) is 29.4. The number of hydrogen-bond acceptors (Lipinski definition) is 7. The summed E-state index contributed by atoms with van der Waals surface area (Å²) in [6.45, 7) is 7.23. The molecule has 3 aromatic carbocycles. The lowest BCUT2D eigenvalue weighted by atomic mass is 10.1. The summed E-state index contributed by atoms with van der Waals surface area (Å²) in [5, 5.41) is 5.07. The van der Waals surface area contributed by atoms with Crippen molar-refractivity contribution in [3.63, 3.8) is 0 Å². The van der Waals surface area contributed by atoms with Crippen LogP contribution >= 0.6 is 11.8 Å². The topological polar surface area (TPSA) is 114 Å². The SMILES string of the molecule is CCOc1cc(/C=C2/SC(=O)N(CC(=O)Nc3c(C)cccc3C)C2=O)ccc1OCC(=O)Nc1cccc(C)c1. The summed E-state index contributed by atoms with van der Waals surface area (Å²) in [5.41, 5.74) is 4.73. The van der Waals surface area contributed by atoms with Crippen LogP contribution in [0.2, 0.25) is 0 Å². The van der Waals surface area contributed by atoms with Gasteiger partial charge in [0.2, 0.25) is 5.91 Å². The van der Waals surface area contributed by atoms with Gasteiger partial charge in [0.1, 0.15) is 6.54 Å². The Morgan fingerprint density at radius 3 is 2.32 bits per heavy atom. The number of anilines is 2. The van der Waals surface area contributed by atoms with Crippen LogP contribution in [-0.2, 0) is 14.4 Å². The van der Waals surface area contributed by atoms with E-state index >= 15 is 0 Å². The summed E-state index contributed by atoms with van der Waals surface area (Å²) >= 11 is 0.764. The second-order valence-electron chi connectivity index (χ2n) is 9.43. The van der Waals surface area contributed by atoms with Gasteiger partial charge in [0, 0.05) is 11.4 Å². The summed E-state index contributed by atoms with van der Waals surface area (Å²) in [6, 6.07) is 18.1. The number of para-hydroxylation sites is 1. The van der Waals surface area contributed by atoms with Crippen molar-refractivity contribution in [2.75, 3.05) is 30.4 Å². The molecule has 1 aliphatic heterocycles. The Kier molecular flexibility index (Phi) is 9.46. The lowest BCUT2D eigenvalue weighted by molar-refractivity contribution is -0.127. The third-order valence-corrected chi connectivity index (χ3v) is 7.05. The molecule has 9 nitrogen and oxygen atoms in total. The fraction of sp³-hybridized carbons (Fsp3) is 0.226. The van der Waals surface area contributed by atoms with E-state index in [4.69, 9.17) is 9.47 Å². The molecule has 4 rings (SSSR count). The van der Waals surface area contributed by atoms with Gasteiger partial charge in [-0.2, -0.15) is 0 Å². The minimum Gasteiger partial charge on any atom is -0.490 e. The van der Waals surface area contributed by atoms with Gasteiger partial charge in [0.15, 0.2) is 18.1 Å². The van der Waals surface area contributed by atoms with Crippen molar-refractivity contribution in [2.45, 2.75) is 27.7 Å². The molecule has 1 aliphatic rings. The number of carbonyl (C=O) groups excluding carboxylic acids is 4. The van der Waals surface area contributed by atoms with E-state index in [1.54, 1.807) is 30.3 Å². The molecule has 1 fully saturated rings. The van der Waals surface area contributed by atoms with Crippen LogP contribution in [0.15, 0.2) is 65.6 Å². The zero-order chi connectivity index (χ0) is 29.5. The van der Waals surface area contributed by atoms with Crippen LogP contribution in [0.1, 0.15) is 29.2 Å². The van der Waals surface area contributed by atoms with Crippen molar-refractivity contribution in [1.29, 1.82) is 0 Å². The van der Waals surface area contributed by atoms with E-state index in [9.17, 15) is 19.2 Å². The zero-order valence-electron chi connectivity index (χ0n) is 23.3. The standard InChI is InChI=1S/C31H31N3O6S/c1-5-39-25-15-22(12-13-24(25)40-18-28(36)32-23-11-6-8-19(2)14-23)16-26-30(37)34(31(38)41-26)17-27(35)33-29-20(3)9-7-10-21(29)4/h6-16H,5,17-18H2,1-4H3,(H,32,36)(H,33,35)/b26-16+. The molecule has 0 aromatic heterocycles. The lowest BCUT2D eigenvalue weighted by Gasteiger charge is -2.15. The summed E-state index contributed by atoms with van der Waals surface area (Å²) in [6.07, 6.45) is 1.56. The normalized spacial score (nSPS) is 13.9. The van der Waals surface area contributed by atoms with E-state index in [1.165, 1.54) is 0 Å². The van der Waals surface area contributed by atoms with E-state index < -0.39 is 23.6 Å². The molecule has 0 radical (unpaired) electrons. The van der Waals surface area contributed by atoms with E-state index in [0.717, 1.165) is 33.4 Å². The highest BCUT2D eigenvalue weighted by molar-refractivity contribution is 8.18. The van der Waals surface area contributed by atoms with E-state index in [0.29, 0.717) is 35.0 Å². The molecular weight excluding hydrogens is 542 g/mol. The fourth-order valence-electron chi connectivity index (χ4n) is 4.19. The average molecular weight is 574 g/mol. The highest BCUT2D eigenvalue weighted by Crippen LogP contribution is 2.35. The Balaban J connectivity index is 1.41. The van der Waals surface area contributed by atoms with Crippen molar-refractivity contribution in [3.8, 4) is 11.5 Å². The minimum absolute atomic E-state index is 0.184. The third kappa shape index (κ3) is 7.55. The van der Waals surface area contributed by atoms with Crippen molar-refractivity contribution in [1.82, 2.24) is 4.90 Å². The van der Waals surface area contributed by atoms with Gasteiger partial charge in [0.25, 0.3) is 17.1 Å². The summed E-state index contributed by atoms with van der Waals surface area (Å²) in [5.74, 6) is -0.589. The molecule has 2 N–H and O–H groups in total. The van der Waals surface area contributed by atoms with E-state index in [1.807, 2.05) is 64.1 Å². The number of carbonyl (C=O) groups is 4. The van der Waals surface area contributed by atoms with Crippen molar-refractivity contribution in [2.24, 2.45) is 0 Å². The minimum atomic E-state index is -0.553. The molecule has 0 unspecified atom stereocenters. The average Bonchev–Trinajstić information content (AvgIpc) is 3.18. The Bertz CT molecular complexity index is 1510. The highest BCUT2D eigenvalue weighted by Gasteiger charge is 2.36. The van der Waals surface area contributed by atoms with Crippen LogP contribution in [0, 0.1) is 20.8 Å². The van der Waals surface area contributed by atoms with Gasteiger partial charge in [-0.25, -0.2) is 0 Å². The van der Waals surface area contributed by atoms with Gasteiger partial charge < -0.3 is 20.1 Å². The largest absolute Gasteiger partial charge is 0.490 e. The number of aryl methyl sites for hydroxylation is 3. The molecule has 0 bridgehead atoms. The summed E-state index contributed by atoms with van der Waals surface area (Å²) in [7, 11) is 0. The molecule has 4 amide bonds. The molecule has 3 aromatic rings. The van der Waals surface area contributed by atoms with Gasteiger partial charge in [-0.15, -0.1) is 0 Å². The van der Waals surface area contributed by atoms with Gasteiger partial charge in [0.05, 0.1) is 11.5 Å². The predicted molar refractivity (Wildman–Crippen MR) is 160 cm³/mol. The quantitative estimate of drug-likeness (QED) is 0.299. The number of amides is 4. The second kappa shape index (κ2) is 13.2. The molecule has 212 valence electrons. The van der Waals surface area contributed by atoms with Crippen LogP contribution in [-0.4, -0.2) is 47.6 Å². The van der Waals surface area contributed by atoms with Gasteiger partial charge in [-0.05, 0) is 92.1 Å². The first-order valence-electron chi connectivity index (χ1n) is 13.0. The monoisotopic (exact) mass is 573 g/mol. The maximum atomic E-state index is 13.0.